The predicted molar refractivity (Wildman–Crippen MR) is 69.5 cm³/mol. The van der Waals surface area contributed by atoms with Gasteiger partial charge in [-0.15, -0.1) is 0 Å². The number of carboxylic acid groups (broad SMARTS) is 1. The molecule has 2 atom stereocenters. The maximum atomic E-state index is 12.0. The van der Waals surface area contributed by atoms with Crippen LogP contribution in [0.3, 0.4) is 0 Å². The van der Waals surface area contributed by atoms with E-state index in [1.54, 1.807) is 4.90 Å². The maximum Gasteiger partial charge on any atom is 0.317 e. The van der Waals surface area contributed by atoms with Crippen molar-refractivity contribution in [1.82, 2.24) is 10.2 Å². The van der Waals surface area contributed by atoms with Crippen molar-refractivity contribution < 1.29 is 14.7 Å². The summed E-state index contributed by atoms with van der Waals surface area (Å²) >= 11 is 0. The van der Waals surface area contributed by atoms with E-state index < -0.39 is 5.97 Å². The molecule has 1 aliphatic rings. The molecule has 0 spiro atoms. The number of rotatable bonds is 6. The van der Waals surface area contributed by atoms with Gasteiger partial charge in [0, 0.05) is 18.6 Å². The highest BCUT2D eigenvalue weighted by Crippen LogP contribution is 2.20. The Morgan fingerprint density at radius 2 is 2.22 bits per heavy atom. The van der Waals surface area contributed by atoms with Gasteiger partial charge in [0.05, 0.1) is 6.42 Å². The van der Waals surface area contributed by atoms with Crippen molar-refractivity contribution in [1.29, 1.82) is 0 Å². The summed E-state index contributed by atoms with van der Waals surface area (Å²) in [6.45, 7) is 4.79. The molecule has 0 aliphatic carbocycles. The molecule has 0 aromatic heterocycles. The van der Waals surface area contributed by atoms with Gasteiger partial charge in [0.15, 0.2) is 0 Å². The minimum Gasteiger partial charge on any atom is -0.481 e. The van der Waals surface area contributed by atoms with Crippen molar-refractivity contribution in [3.05, 3.63) is 0 Å². The van der Waals surface area contributed by atoms with Crippen molar-refractivity contribution >= 4 is 12.0 Å². The number of hydrogen-bond donors (Lipinski definition) is 2. The number of hydrogen-bond acceptors (Lipinski definition) is 2. The summed E-state index contributed by atoms with van der Waals surface area (Å²) in [6.07, 6.45) is 4.93. The van der Waals surface area contributed by atoms with E-state index in [0.29, 0.717) is 6.54 Å². The fourth-order valence-electron chi connectivity index (χ4n) is 2.39. The van der Waals surface area contributed by atoms with E-state index in [9.17, 15) is 9.59 Å². The first-order valence-corrected chi connectivity index (χ1v) is 6.83. The lowest BCUT2D eigenvalue weighted by atomic mass is 10.1. The molecule has 1 saturated heterocycles. The normalized spacial score (nSPS) is 20.8. The molecule has 2 N–H and O–H groups in total. The smallest absolute Gasteiger partial charge is 0.317 e. The molecule has 5 heteroatoms. The van der Waals surface area contributed by atoms with Crippen molar-refractivity contribution in [2.45, 2.75) is 64.5 Å². The molecule has 1 heterocycles. The summed E-state index contributed by atoms with van der Waals surface area (Å²) in [4.78, 5) is 24.4. The number of carbonyl (C=O) groups is 2. The molecule has 0 aromatic carbocycles. The standard InChI is InChI=1S/C13H24N2O3/c1-3-4-6-10(2)14-13(18)15-8-5-7-11(15)9-12(16)17/h10-11H,3-9H2,1-2H3,(H,14,18)(H,16,17). The monoisotopic (exact) mass is 256 g/mol. The predicted octanol–water partition coefficient (Wildman–Crippen LogP) is 2.21. The molecule has 104 valence electrons. The van der Waals surface area contributed by atoms with Crippen molar-refractivity contribution in [2.24, 2.45) is 0 Å². The highest BCUT2D eigenvalue weighted by molar-refractivity contribution is 5.76. The summed E-state index contributed by atoms with van der Waals surface area (Å²) in [5.74, 6) is -0.835. The lowest BCUT2D eigenvalue weighted by molar-refractivity contribution is -0.137. The number of likely N-dealkylation sites (tertiary alicyclic amines) is 1. The quantitative estimate of drug-likeness (QED) is 0.765. The van der Waals surface area contributed by atoms with Crippen LogP contribution in [0.2, 0.25) is 0 Å². The summed E-state index contributed by atoms with van der Waals surface area (Å²) < 4.78 is 0. The second-order valence-electron chi connectivity index (χ2n) is 5.08. The Hall–Kier alpha value is -1.26. The van der Waals surface area contributed by atoms with Crippen molar-refractivity contribution in [3.63, 3.8) is 0 Å². The van der Waals surface area contributed by atoms with Crippen molar-refractivity contribution in [2.75, 3.05) is 6.54 Å². The Labute approximate surface area is 109 Å². The lowest BCUT2D eigenvalue weighted by Gasteiger charge is -2.26. The van der Waals surface area contributed by atoms with Gasteiger partial charge in [-0.3, -0.25) is 4.79 Å². The molecule has 1 fully saturated rings. The van der Waals surface area contributed by atoms with E-state index in [-0.39, 0.29) is 24.5 Å². The van der Waals surface area contributed by atoms with Crippen LogP contribution in [0.15, 0.2) is 0 Å². The molecule has 5 nitrogen and oxygen atoms in total. The Morgan fingerprint density at radius 1 is 1.50 bits per heavy atom. The van der Waals surface area contributed by atoms with Crippen LogP contribution in [0.1, 0.15) is 52.4 Å². The van der Waals surface area contributed by atoms with E-state index in [0.717, 1.165) is 32.1 Å². The van der Waals surface area contributed by atoms with Gasteiger partial charge in [-0.05, 0) is 26.2 Å². The van der Waals surface area contributed by atoms with Crippen LogP contribution in [-0.2, 0) is 4.79 Å². The maximum absolute atomic E-state index is 12.0. The summed E-state index contributed by atoms with van der Waals surface area (Å²) in [5, 5.41) is 11.8. The number of urea groups is 1. The SMILES string of the molecule is CCCCC(C)NC(=O)N1CCCC1CC(=O)O. The number of amides is 2. The molecular weight excluding hydrogens is 232 g/mol. The van der Waals surface area contributed by atoms with Crippen LogP contribution in [-0.4, -0.2) is 40.6 Å². The molecule has 1 aliphatic heterocycles. The van der Waals surface area contributed by atoms with Gasteiger partial charge in [0.25, 0.3) is 0 Å². The van der Waals surface area contributed by atoms with Gasteiger partial charge in [0.2, 0.25) is 0 Å². The van der Waals surface area contributed by atoms with Crippen molar-refractivity contribution in [3.8, 4) is 0 Å². The van der Waals surface area contributed by atoms with Gasteiger partial charge in [-0.1, -0.05) is 19.8 Å². The van der Waals surface area contributed by atoms with E-state index in [1.165, 1.54) is 0 Å². The highest BCUT2D eigenvalue weighted by atomic mass is 16.4. The Bertz CT molecular complexity index is 294. The van der Waals surface area contributed by atoms with Gasteiger partial charge in [-0.25, -0.2) is 4.79 Å². The van der Waals surface area contributed by atoms with Crippen LogP contribution in [0.5, 0.6) is 0 Å². The van der Waals surface area contributed by atoms with Gasteiger partial charge < -0.3 is 15.3 Å². The van der Waals surface area contributed by atoms with Crippen LogP contribution >= 0.6 is 0 Å². The van der Waals surface area contributed by atoms with Gasteiger partial charge >= 0.3 is 12.0 Å². The third-order valence-electron chi connectivity index (χ3n) is 3.41. The third kappa shape index (κ3) is 4.55. The summed E-state index contributed by atoms with van der Waals surface area (Å²) in [7, 11) is 0. The Balaban J connectivity index is 2.42. The fourth-order valence-corrected chi connectivity index (χ4v) is 2.39. The first-order valence-electron chi connectivity index (χ1n) is 6.83. The Morgan fingerprint density at radius 3 is 2.83 bits per heavy atom. The number of carbonyl (C=O) groups excluding carboxylic acids is 1. The molecule has 2 amide bonds. The molecule has 0 bridgehead atoms. The first kappa shape index (κ1) is 14.8. The number of nitrogens with zero attached hydrogens (tertiary/aromatic N) is 1. The topological polar surface area (TPSA) is 69.6 Å². The van der Waals surface area contributed by atoms with Gasteiger partial charge in [-0.2, -0.15) is 0 Å². The average molecular weight is 256 g/mol. The zero-order valence-corrected chi connectivity index (χ0v) is 11.3. The fraction of sp³-hybridized carbons (Fsp3) is 0.846. The molecular formula is C13H24N2O3. The third-order valence-corrected chi connectivity index (χ3v) is 3.41. The highest BCUT2D eigenvalue weighted by Gasteiger charge is 2.30. The second kappa shape index (κ2) is 7.24. The molecule has 2 unspecified atom stereocenters. The van der Waals surface area contributed by atoms with E-state index in [1.807, 2.05) is 6.92 Å². The van der Waals surface area contributed by atoms with Crippen LogP contribution in [0.25, 0.3) is 0 Å². The molecule has 0 aromatic rings. The average Bonchev–Trinajstić information content (AvgIpc) is 2.73. The molecule has 18 heavy (non-hydrogen) atoms. The minimum atomic E-state index is -0.835. The summed E-state index contributed by atoms with van der Waals surface area (Å²) in [6, 6.07) is -0.0910. The zero-order valence-electron chi connectivity index (χ0n) is 11.3. The number of aliphatic carboxylic acids is 1. The zero-order chi connectivity index (χ0) is 13.5. The van der Waals surface area contributed by atoms with E-state index in [2.05, 4.69) is 12.2 Å². The minimum absolute atomic E-state index is 0.0523. The second-order valence-corrected chi connectivity index (χ2v) is 5.08. The molecule has 0 saturated carbocycles. The number of carboxylic acids is 1. The summed E-state index contributed by atoms with van der Waals surface area (Å²) in [5.41, 5.74) is 0. The lowest BCUT2D eigenvalue weighted by Crippen LogP contribution is -2.46. The van der Waals surface area contributed by atoms with Crippen LogP contribution in [0.4, 0.5) is 4.79 Å². The largest absolute Gasteiger partial charge is 0.481 e. The van der Waals surface area contributed by atoms with E-state index in [4.69, 9.17) is 5.11 Å². The number of nitrogens with one attached hydrogen (secondary N) is 1. The van der Waals surface area contributed by atoms with Crippen LogP contribution < -0.4 is 5.32 Å². The van der Waals surface area contributed by atoms with Crippen LogP contribution in [0, 0.1) is 0 Å². The Kier molecular flexibility index (Phi) is 5.95. The van der Waals surface area contributed by atoms with E-state index >= 15 is 0 Å². The molecule has 0 radical (unpaired) electrons. The van der Waals surface area contributed by atoms with Gasteiger partial charge in [0.1, 0.15) is 0 Å². The first-order chi connectivity index (χ1) is 8.54. The molecule has 1 rings (SSSR count). The number of unbranched alkanes of at least 4 members (excludes halogenated alkanes) is 1.